The molecule has 2 rings (SSSR count). The van der Waals surface area contributed by atoms with E-state index < -0.39 is 30.4 Å². The normalized spacial score (nSPS) is 11.9. The molecule has 132 valence electrons. The van der Waals surface area contributed by atoms with Gasteiger partial charge in [-0.3, -0.25) is 14.4 Å². The summed E-state index contributed by atoms with van der Waals surface area (Å²) < 4.78 is 0. The lowest BCUT2D eigenvalue weighted by atomic mass is 10.0. The van der Waals surface area contributed by atoms with Crippen LogP contribution in [0.4, 0.5) is 0 Å². The largest absolute Gasteiger partial charge is 0.480 e. The molecule has 0 saturated carbocycles. The van der Waals surface area contributed by atoms with Crippen LogP contribution in [0, 0.1) is 0 Å². The van der Waals surface area contributed by atoms with E-state index in [1.54, 1.807) is 12.1 Å². The molecule has 2 aromatic carbocycles. The van der Waals surface area contributed by atoms with Crippen molar-refractivity contribution in [3.8, 4) is 0 Å². The van der Waals surface area contributed by atoms with E-state index in [1.165, 1.54) is 4.90 Å². The van der Waals surface area contributed by atoms with Crippen molar-refractivity contribution in [1.29, 1.82) is 0 Å². The maximum absolute atomic E-state index is 12.8. The monoisotopic (exact) mass is 344 g/mol. The van der Waals surface area contributed by atoms with Crippen molar-refractivity contribution in [2.24, 2.45) is 5.73 Å². The van der Waals surface area contributed by atoms with Crippen LogP contribution in [0.5, 0.6) is 0 Å². The molecule has 0 aromatic heterocycles. The predicted octanol–water partition coefficient (Wildman–Crippen LogP) is 1.56. The summed E-state index contributed by atoms with van der Waals surface area (Å²) in [6, 6.07) is 11.6. The maximum Gasteiger partial charge on any atom is 0.323 e. The first kappa shape index (κ1) is 18.4. The Morgan fingerprint density at radius 2 is 1.72 bits per heavy atom. The van der Waals surface area contributed by atoms with Gasteiger partial charge in [0.2, 0.25) is 0 Å². The molecule has 0 aliphatic carbocycles. The van der Waals surface area contributed by atoms with Gasteiger partial charge in [0.05, 0.1) is 0 Å². The predicted molar refractivity (Wildman–Crippen MR) is 92.3 cm³/mol. The minimum Gasteiger partial charge on any atom is -0.480 e. The van der Waals surface area contributed by atoms with Crippen LogP contribution in [-0.2, 0) is 9.59 Å². The molecular formula is C18H20N2O5. The maximum atomic E-state index is 12.8. The summed E-state index contributed by atoms with van der Waals surface area (Å²) in [5.74, 6) is -2.65. The van der Waals surface area contributed by atoms with Crippen LogP contribution < -0.4 is 5.73 Å². The molecule has 0 saturated heterocycles. The van der Waals surface area contributed by atoms with Crippen LogP contribution in [0.25, 0.3) is 10.8 Å². The van der Waals surface area contributed by atoms with Crippen LogP contribution in [-0.4, -0.2) is 52.1 Å². The van der Waals surface area contributed by atoms with Gasteiger partial charge in [-0.2, -0.15) is 0 Å². The smallest absolute Gasteiger partial charge is 0.323 e. The molecular weight excluding hydrogens is 324 g/mol. The second kappa shape index (κ2) is 8.25. The van der Waals surface area contributed by atoms with Crippen molar-refractivity contribution in [2.45, 2.75) is 18.9 Å². The molecule has 0 radical (unpaired) electrons. The third kappa shape index (κ3) is 4.77. The van der Waals surface area contributed by atoms with E-state index in [1.807, 2.05) is 30.3 Å². The van der Waals surface area contributed by atoms with Gasteiger partial charge in [-0.15, -0.1) is 0 Å². The highest BCUT2D eigenvalue weighted by Crippen LogP contribution is 2.20. The number of rotatable bonds is 8. The van der Waals surface area contributed by atoms with E-state index in [-0.39, 0.29) is 13.0 Å². The molecule has 0 unspecified atom stereocenters. The molecule has 7 heteroatoms. The van der Waals surface area contributed by atoms with Crippen LogP contribution in [0.15, 0.2) is 42.5 Å². The minimum atomic E-state index is -1.13. The second-order valence-corrected chi connectivity index (χ2v) is 5.73. The third-order valence-corrected chi connectivity index (χ3v) is 3.89. The third-order valence-electron chi connectivity index (χ3n) is 3.89. The van der Waals surface area contributed by atoms with E-state index >= 15 is 0 Å². The van der Waals surface area contributed by atoms with Gasteiger partial charge in [0, 0.05) is 12.1 Å². The van der Waals surface area contributed by atoms with Gasteiger partial charge >= 0.3 is 11.9 Å². The number of carbonyl (C=O) groups is 3. The van der Waals surface area contributed by atoms with Crippen LogP contribution in [0.3, 0.4) is 0 Å². The highest BCUT2D eigenvalue weighted by Gasteiger charge is 2.21. The SMILES string of the molecule is N[C@@H](CCCN(CC(=O)O)C(=O)c1cccc2ccccc12)C(=O)O. The first-order valence-corrected chi connectivity index (χ1v) is 7.87. The number of amides is 1. The van der Waals surface area contributed by atoms with E-state index in [0.29, 0.717) is 12.0 Å². The van der Waals surface area contributed by atoms with E-state index in [4.69, 9.17) is 15.9 Å². The van der Waals surface area contributed by atoms with Crippen LogP contribution >= 0.6 is 0 Å². The van der Waals surface area contributed by atoms with E-state index in [2.05, 4.69) is 0 Å². The number of fused-ring (bicyclic) bond motifs is 1. The first-order chi connectivity index (χ1) is 11.9. The van der Waals surface area contributed by atoms with Crippen molar-refractivity contribution in [1.82, 2.24) is 4.90 Å². The molecule has 0 bridgehead atoms. The number of nitrogens with two attached hydrogens (primary N) is 1. The Morgan fingerprint density at radius 1 is 1.04 bits per heavy atom. The Balaban J connectivity index is 2.20. The number of carboxylic acids is 2. The van der Waals surface area contributed by atoms with Gasteiger partial charge in [-0.1, -0.05) is 36.4 Å². The molecule has 1 amide bonds. The van der Waals surface area contributed by atoms with Crippen molar-refractivity contribution >= 4 is 28.6 Å². The quantitative estimate of drug-likeness (QED) is 0.668. The minimum absolute atomic E-state index is 0.120. The lowest BCUT2D eigenvalue weighted by Gasteiger charge is -2.22. The summed E-state index contributed by atoms with van der Waals surface area (Å²) >= 11 is 0. The number of carboxylic acid groups (broad SMARTS) is 2. The molecule has 4 N–H and O–H groups in total. The number of aliphatic carboxylic acids is 2. The van der Waals surface area contributed by atoms with Crippen molar-refractivity contribution in [3.63, 3.8) is 0 Å². The Bertz CT molecular complexity index is 785. The number of hydrogen-bond acceptors (Lipinski definition) is 4. The van der Waals surface area contributed by atoms with Gasteiger partial charge in [0.25, 0.3) is 5.91 Å². The van der Waals surface area contributed by atoms with Crippen molar-refractivity contribution in [3.05, 3.63) is 48.0 Å². The lowest BCUT2D eigenvalue weighted by molar-refractivity contribution is -0.139. The molecule has 7 nitrogen and oxygen atoms in total. The van der Waals surface area contributed by atoms with E-state index in [0.717, 1.165) is 10.8 Å². The van der Waals surface area contributed by atoms with Gasteiger partial charge in [0.15, 0.2) is 0 Å². The fourth-order valence-corrected chi connectivity index (χ4v) is 2.62. The van der Waals surface area contributed by atoms with Crippen LogP contribution in [0.2, 0.25) is 0 Å². The molecule has 0 spiro atoms. The summed E-state index contributed by atoms with van der Waals surface area (Å²) in [5.41, 5.74) is 5.86. The number of hydrogen-bond donors (Lipinski definition) is 3. The molecule has 0 fully saturated rings. The van der Waals surface area contributed by atoms with Crippen LogP contribution in [0.1, 0.15) is 23.2 Å². The van der Waals surface area contributed by atoms with Gasteiger partial charge in [-0.05, 0) is 29.7 Å². The summed E-state index contributed by atoms with van der Waals surface area (Å²) in [6.07, 6.45) is 0.464. The Labute approximate surface area is 144 Å². The zero-order chi connectivity index (χ0) is 18.4. The first-order valence-electron chi connectivity index (χ1n) is 7.87. The number of benzene rings is 2. The Kier molecular flexibility index (Phi) is 6.08. The summed E-state index contributed by atoms with van der Waals surface area (Å²) in [4.78, 5) is 35.9. The summed E-state index contributed by atoms with van der Waals surface area (Å²) in [6.45, 7) is -0.334. The zero-order valence-electron chi connectivity index (χ0n) is 13.6. The Hall–Kier alpha value is -2.93. The molecule has 0 aliphatic heterocycles. The summed E-state index contributed by atoms with van der Waals surface area (Å²) in [5, 5.41) is 19.5. The highest BCUT2D eigenvalue weighted by molar-refractivity contribution is 6.07. The fraction of sp³-hybridized carbons (Fsp3) is 0.278. The fourth-order valence-electron chi connectivity index (χ4n) is 2.62. The number of nitrogens with zero attached hydrogens (tertiary/aromatic N) is 1. The summed E-state index contributed by atoms with van der Waals surface area (Å²) in [7, 11) is 0. The Morgan fingerprint density at radius 3 is 2.40 bits per heavy atom. The lowest BCUT2D eigenvalue weighted by Crippen LogP contribution is -2.38. The standard InChI is InChI=1S/C18H20N2O5/c19-15(18(24)25)9-4-10-20(11-16(21)22)17(23)14-8-3-6-12-5-1-2-7-13(12)14/h1-3,5-8,15H,4,9-11,19H2,(H,21,22)(H,24,25)/t15-/m0/s1. The average Bonchev–Trinajstić information content (AvgIpc) is 2.59. The molecule has 1 atom stereocenters. The van der Waals surface area contributed by atoms with Crippen molar-refractivity contribution < 1.29 is 24.6 Å². The highest BCUT2D eigenvalue weighted by atomic mass is 16.4. The zero-order valence-corrected chi connectivity index (χ0v) is 13.6. The average molecular weight is 344 g/mol. The molecule has 0 aliphatic rings. The topological polar surface area (TPSA) is 121 Å². The van der Waals surface area contributed by atoms with Gasteiger partial charge < -0.3 is 20.8 Å². The van der Waals surface area contributed by atoms with Crippen molar-refractivity contribution in [2.75, 3.05) is 13.1 Å². The van der Waals surface area contributed by atoms with Gasteiger partial charge in [-0.25, -0.2) is 0 Å². The van der Waals surface area contributed by atoms with Gasteiger partial charge in [0.1, 0.15) is 12.6 Å². The second-order valence-electron chi connectivity index (χ2n) is 5.73. The molecule has 25 heavy (non-hydrogen) atoms. The van der Waals surface area contributed by atoms with E-state index in [9.17, 15) is 14.4 Å². The molecule has 0 heterocycles. The molecule has 2 aromatic rings. The number of carbonyl (C=O) groups excluding carboxylic acids is 1.